The fourth-order valence-corrected chi connectivity index (χ4v) is 4.10. The molecule has 8 heteroatoms. The summed E-state index contributed by atoms with van der Waals surface area (Å²) in [5.41, 5.74) is 1.43. The lowest BCUT2D eigenvalue weighted by Gasteiger charge is -2.21. The molecule has 0 atom stereocenters. The highest BCUT2D eigenvalue weighted by Gasteiger charge is 2.23. The van der Waals surface area contributed by atoms with Gasteiger partial charge in [0.15, 0.2) is 0 Å². The third-order valence-electron chi connectivity index (χ3n) is 4.65. The largest absolute Gasteiger partial charge is 0.307 e. The van der Waals surface area contributed by atoms with Crippen LogP contribution in [0.5, 0.6) is 0 Å². The summed E-state index contributed by atoms with van der Waals surface area (Å²) < 4.78 is 28.1. The molecule has 2 aromatic carbocycles. The Morgan fingerprint density at radius 2 is 1.72 bits per heavy atom. The van der Waals surface area contributed by atoms with E-state index in [2.05, 4.69) is 10.4 Å². The van der Waals surface area contributed by atoms with E-state index in [1.165, 1.54) is 35.6 Å². The zero-order chi connectivity index (χ0) is 21.0. The smallest absolute Gasteiger partial charge is 0.256 e. The normalized spacial score (nSPS) is 11.8. The van der Waals surface area contributed by atoms with Crippen LogP contribution < -0.4 is 5.32 Å². The van der Waals surface area contributed by atoms with Gasteiger partial charge in [0.05, 0.1) is 17.6 Å². The number of benzene rings is 2. The van der Waals surface area contributed by atoms with Crippen molar-refractivity contribution in [1.82, 2.24) is 14.1 Å². The second kappa shape index (κ2) is 8.59. The molecule has 152 valence electrons. The van der Waals surface area contributed by atoms with Gasteiger partial charge in [0, 0.05) is 24.7 Å². The first-order valence-electron chi connectivity index (χ1n) is 9.24. The van der Waals surface area contributed by atoms with Crippen LogP contribution in [0.15, 0.2) is 71.8 Å². The second-order valence-electron chi connectivity index (χ2n) is 6.95. The molecule has 0 saturated heterocycles. The highest BCUT2D eigenvalue weighted by atomic mass is 32.2. The average molecular weight is 413 g/mol. The third kappa shape index (κ3) is 4.72. The molecule has 0 saturated carbocycles. The number of sulfonamides is 1. The number of nitrogens with one attached hydrogen (secondary N) is 1. The van der Waals surface area contributed by atoms with Gasteiger partial charge in [0.25, 0.3) is 5.91 Å². The molecule has 3 aromatic rings. The average Bonchev–Trinajstić information content (AvgIpc) is 3.14. The van der Waals surface area contributed by atoms with Crippen molar-refractivity contribution in [2.75, 3.05) is 12.4 Å². The van der Waals surface area contributed by atoms with Crippen LogP contribution in [-0.4, -0.2) is 41.5 Å². The molecule has 0 bridgehead atoms. The minimum absolute atomic E-state index is 0.152. The van der Waals surface area contributed by atoms with Gasteiger partial charge in [0.2, 0.25) is 10.0 Å². The number of hydrogen-bond donors (Lipinski definition) is 1. The van der Waals surface area contributed by atoms with E-state index < -0.39 is 10.0 Å². The molecule has 1 heterocycles. The SMILES string of the molecule is CC(C)N(C)S(=O)(=O)c1ccc(C(=O)Nc2ccnn2Cc2ccccc2)cc1. The summed E-state index contributed by atoms with van der Waals surface area (Å²) >= 11 is 0. The predicted octanol–water partition coefficient (Wildman–Crippen LogP) is 3.21. The van der Waals surface area contributed by atoms with E-state index in [9.17, 15) is 13.2 Å². The maximum Gasteiger partial charge on any atom is 0.256 e. The lowest BCUT2D eigenvalue weighted by molar-refractivity contribution is 0.102. The first-order chi connectivity index (χ1) is 13.8. The summed E-state index contributed by atoms with van der Waals surface area (Å²) in [7, 11) is -2.05. The van der Waals surface area contributed by atoms with Crippen LogP contribution in [0.25, 0.3) is 0 Å². The minimum Gasteiger partial charge on any atom is -0.307 e. The molecule has 7 nitrogen and oxygen atoms in total. The molecule has 1 amide bonds. The predicted molar refractivity (Wildman–Crippen MR) is 112 cm³/mol. The van der Waals surface area contributed by atoms with E-state index in [0.717, 1.165) is 5.56 Å². The molecule has 0 unspecified atom stereocenters. The molecule has 3 rings (SSSR count). The van der Waals surface area contributed by atoms with E-state index in [0.29, 0.717) is 17.9 Å². The molecule has 0 aliphatic rings. The second-order valence-corrected chi connectivity index (χ2v) is 8.95. The summed E-state index contributed by atoms with van der Waals surface area (Å²) in [5, 5.41) is 7.09. The Balaban J connectivity index is 1.73. The zero-order valence-corrected chi connectivity index (χ0v) is 17.4. The molecule has 29 heavy (non-hydrogen) atoms. The van der Waals surface area contributed by atoms with Gasteiger partial charge in [-0.25, -0.2) is 13.1 Å². The molecule has 0 spiro atoms. The lowest BCUT2D eigenvalue weighted by atomic mass is 10.2. The Labute approximate surface area is 171 Å². The number of aromatic nitrogens is 2. The van der Waals surface area contributed by atoms with Gasteiger partial charge in [-0.2, -0.15) is 9.40 Å². The van der Waals surface area contributed by atoms with Gasteiger partial charge in [-0.1, -0.05) is 30.3 Å². The summed E-state index contributed by atoms with van der Waals surface area (Å²) in [5.74, 6) is 0.232. The molecular weight excluding hydrogens is 388 g/mol. The Morgan fingerprint density at radius 3 is 2.34 bits per heavy atom. The van der Waals surface area contributed by atoms with Gasteiger partial charge < -0.3 is 5.32 Å². The fourth-order valence-electron chi connectivity index (χ4n) is 2.73. The summed E-state index contributed by atoms with van der Waals surface area (Å²) in [6.45, 7) is 4.14. The molecule has 0 aliphatic heterocycles. The van der Waals surface area contributed by atoms with Crippen molar-refractivity contribution in [2.24, 2.45) is 0 Å². The van der Waals surface area contributed by atoms with Crippen molar-refractivity contribution in [3.63, 3.8) is 0 Å². The van der Waals surface area contributed by atoms with E-state index in [-0.39, 0.29) is 16.8 Å². The van der Waals surface area contributed by atoms with Crippen molar-refractivity contribution in [3.8, 4) is 0 Å². The Morgan fingerprint density at radius 1 is 1.07 bits per heavy atom. The van der Waals surface area contributed by atoms with Crippen LogP contribution in [0, 0.1) is 0 Å². The van der Waals surface area contributed by atoms with Crippen LogP contribution in [0.2, 0.25) is 0 Å². The van der Waals surface area contributed by atoms with E-state index in [4.69, 9.17) is 0 Å². The molecule has 0 radical (unpaired) electrons. The van der Waals surface area contributed by atoms with Crippen LogP contribution in [0.1, 0.15) is 29.8 Å². The quantitative estimate of drug-likeness (QED) is 0.646. The Bertz CT molecular complexity index is 1070. The van der Waals surface area contributed by atoms with Crippen molar-refractivity contribution >= 4 is 21.7 Å². The van der Waals surface area contributed by atoms with Crippen molar-refractivity contribution in [2.45, 2.75) is 31.3 Å². The maximum absolute atomic E-state index is 12.6. The van der Waals surface area contributed by atoms with Gasteiger partial charge in [-0.3, -0.25) is 4.79 Å². The number of anilines is 1. The Hall–Kier alpha value is -2.97. The maximum atomic E-state index is 12.6. The van der Waals surface area contributed by atoms with Crippen molar-refractivity contribution in [3.05, 3.63) is 78.0 Å². The molecule has 1 N–H and O–H groups in total. The number of rotatable bonds is 7. The topological polar surface area (TPSA) is 84.3 Å². The molecule has 0 fully saturated rings. The van der Waals surface area contributed by atoms with Gasteiger partial charge >= 0.3 is 0 Å². The number of hydrogen-bond acceptors (Lipinski definition) is 4. The van der Waals surface area contributed by atoms with E-state index >= 15 is 0 Å². The zero-order valence-electron chi connectivity index (χ0n) is 16.6. The number of carbonyl (C=O) groups is 1. The highest BCUT2D eigenvalue weighted by molar-refractivity contribution is 7.89. The van der Waals surface area contributed by atoms with Crippen LogP contribution in [-0.2, 0) is 16.6 Å². The molecular formula is C21H24N4O3S. The monoisotopic (exact) mass is 412 g/mol. The van der Waals surface area contributed by atoms with Crippen molar-refractivity contribution in [1.29, 1.82) is 0 Å². The summed E-state index contributed by atoms with van der Waals surface area (Å²) in [4.78, 5) is 12.8. The van der Waals surface area contributed by atoms with Crippen LogP contribution in [0.3, 0.4) is 0 Å². The van der Waals surface area contributed by atoms with Gasteiger partial charge in [-0.05, 0) is 43.7 Å². The number of carbonyl (C=O) groups excluding carboxylic acids is 1. The van der Waals surface area contributed by atoms with E-state index in [1.54, 1.807) is 30.8 Å². The number of amides is 1. The summed E-state index contributed by atoms with van der Waals surface area (Å²) in [6.07, 6.45) is 1.62. The first kappa shape index (κ1) is 20.8. The third-order valence-corrected chi connectivity index (χ3v) is 6.70. The summed E-state index contributed by atoms with van der Waals surface area (Å²) in [6, 6.07) is 17.3. The first-order valence-corrected chi connectivity index (χ1v) is 10.7. The van der Waals surface area contributed by atoms with Crippen LogP contribution >= 0.6 is 0 Å². The standard InChI is InChI=1S/C21H24N4O3S/c1-16(2)24(3)29(27,28)19-11-9-18(10-12-19)21(26)23-20-13-14-22-25(20)15-17-7-5-4-6-8-17/h4-14,16H,15H2,1-3H3,(H,23,26). The lowest BCUT2D eigenvalue weighted by Crippen LogP contribution is -2.33. The van der Waals surface area contributed by atoms with Crippen molar-refractivity contribution < 1.29 is 13.2 Å². The minimum atomic E-state index is -3.58. The Kier molecular flexibility index (Phi) is 6.14. The number of nitrogens with zero attached hydrogens (tertiary/aromatic N) is 3. The van der Waals surface area contributed by atoms with Crippen LogP contribution in [0.4, 0.5) is 5.82 Å². The van der Waals surface area contributed by atoms with Gasteiger partial charge in [-0.15, -0.1) is 0 Å². The molecule has 0 aliphatic carbocycles. The fraction of sp³-hybridized carbons (Fsp3) is 0.238. The van der Waals surface area contributed by atoms with E-state index in [1.807, 2.05) is 30.3 Å². The molecule has 1 aromatic heterocycles. The highest BCUT2D eigenvalue weighted by Crippen LogP contribution is 2.18. The van der Waals surface area contributed by atoms with Gasteiger partial charge in [0.1, 0.15) is 5.82 Å².